The van der Waals surface area contributed by atoms with E-state index in [4.69, 9.17) is 4.74 Å². The molecule has 0 radical (unpaired) electrons. The Balaban J connectivity index is 3.18. The van der Waals surface area contributed by atoms with E-state index in [1.807, 2.05) is 13.0 Å². The van der Waals surface area contributed by atoms with Gasteiger partial charge < -0.3 is 4.74 Å². The van der Waals surface area contributed by atoms with Gasteiger partial charge in [0.1, 0.15) is 0 Å². The lowest BCUT2D eigenvalue weighted by Gasteiger charge is -1.99. The minimum atomic E-state index is -0.180. The van der Waals surface area contributed by atoms with Crippen LogP contribution in [0.25, 0.3) is 0 Å². The molecule has 0 heterocycles. The van der Waals surface area contributed by atoms with Gasteiger partial charge in [-0.2, -0.15) is 0 Å². The number of hydrogen-bond acceptors (Lipinski definition) is 2. The first-order valence-electron chi connectivity index (χ1n) is 7.83. The van der Waals surface area contributed by atoms with Gasteiger partial charge >= 0.3 is 5.97 Å². The summed E-state index contributed by atoms with van der Waals surface area (Å²) in [5, 5.41) is 0. The maximum atomic E-state index is 10.5. The Labute approximate surface area is 124 Å². The standard InChI is InChI=1S/C18H30O2/c1-3-4-5-6-7-8-9-10-11-12-13-14-15-16-17-20-18(2)19/h3-6,12-13H,7-11,14-17H2,1-2H3/b4-3+,6-5+,13-12+. The summed E-state index contributed by atoms with van der Waals surface area (Å²) < 4.78 is 4.88. The summed E-state index contributed by atoms with van der Waals surface area (Å²) in [6, 6.07) is 0. The van der Waals surface area contributed by atoms with E-state index in [1.54, 1.807) is 0 Å². The first-order valence-corrected chi connectivity index (χ1v) is 7.83. The molecule has 0 saturated heterocycles. The third-order valence-corrected chi connectivity index (χ3v) is 2.92. The third kappa shape index (κ3) is 16.7. The van der Waals surface area contributed by atoms with Crippen LogP contribution in [0.2, 0.25) is 0 Å². The number of ether oxygens (including phenoxy) is 1. The van der Waals surface area contributed by atoms with Crippen molar-refractivity contribution in [2.24, 2.45) is 0 Å². The lowest BCUT2D eigenvalue weighted by atomic mass is 10.1. The zero-order chi connectivity index (χ0) is 14.9. The predicted molar refractivity (Wildman–Crippen MR) is 86.7 cm³/mol. The third-order valence-electron chi connectivity index (χ3n) is 2.92. The van der Waals surface area contributed by atoms with E-state index >= 15 is 0 Å². The van der Waals surface area contributed by atoms with Gasteiger partial charge in [0.2, 0.25) is 0 Å². The molecule has 0 fully saturated rings. The van der Waals surface area contributed by atoms with Crippen LogP contribution in [0.3, 0.4) is 0 Å². The fraction of sp³-hybridized carbons (Fsp3) is 0.611. The Morgan fingerprint density at radius 2 is 1.45 bits per heavy atom. The minimum Gasteiger partial charge on any atom is -0.466 e. The quantitative estimate of drug-likeness (QED) is 0.208. The molecule has 114 valence electrons. The predicted octanol–water partition coefficient (Wildman–Crippen LogP) is 5.36. The summed E-state index contributed by atoms with van der Waals surface area (Å²) in [5.74, 6) is -0.180. The van der Waals surface area contributed by atoms with Crippen molar-refractivity contribution in [1.29, 1.82) is 0 Å². The van der Waals surface area contributed by atoms with Crippen LogP contribution in [0, 0.1) is 0 Å². The Hall–Kier alpha value is -1.31. The zero-order valence-corrected chi connectivity index (χ0v) is 13.1. The first-order chi connectivity index (χ1) is 9.77. The maximum Gasteiger partial charge on any atom is 0.302 e. The Kier molecular flexibility index (Phi) is 14.7. The molecule has 0 aliphatic carbocycles. The number of rotatable bonds is 12. The summed E-state index contributed by atoms with van der Waals surface area (Å²) in [6.45, 7) is 4.05. The Morgan fingerprint density at radius 1 is 0.850 bits per heavy atom. The van der Waals surface area contributed by atoms with E-state index < -0.39 is 0 Å². The van der Waals surface area contributed by atoms with Crippen LogP contribution in [-0.4, -0.2) is 12.6 Å². The van der Waals surface area contributed by atoms with Crippen LogP contribution in [-0.2, 0) is 9.53 Å². The summed E-state index contributed by atoms with van der Waals surface area (Å²) >= 11 is 0. The zero-order valence-electron chi connectivity index (χ0n) is 13.1. The molecule has 0 saturated carbocycles. The molecule has 0 aliphatic heterocycles. The number of unbranched alkanes of at least 4 members (excludes halogenated alkanes) is 6. The molecule has 0 unspecified atom stereocenters. The number of carbonyl (C=O) groups excluding carboxylic acids is 1. The van der Waals surface area contributed by atoms with E-state index in [-0.39, 0.29) is 5.97 Å². The molecule has 20 heavy (non-hydrogen) atoms. The van der Waals surface area contributed by atoms with Gasteiger partial charge in [-0.3, -0.25) is 4.79 Å². The largest absolute Gasteiger partial charge is 0.466 e. The molecule has 0 aliphatic rings. The summed E-state index contributed by atoms with van der Waals surface area (Å²) in [5.41, 5.74) is 0. The van der Waals surface area contributed by atoms with Crippen molar-refractivity contribution in [3.05, 3.63) is 36.5 Å². The van der Waals surface area contributed by atoms with Gasteiger partial charge in [-0.1, -0.05) is 42.9 Å². The van der Waals surface area contributed by atoms with Crippen molar-refractivity contribution < 1.29 is 9.53 Å². The Bertz CT molecular complexity index is 301. The molecule has 2 nitrogen and oxygen atoms in total. The van der Waals surface area contributed by atoms with Gasteiger partial charge in [0.25, 0.3) is 0 Å². The van der Waals surface area contributed by atoms with Crippen molar-refractivity contribution in [2.75, 3.05) is 6.61 Å². The highest BCUT2D eigenvalue weighted by Crippen LogP contribution is 2.05. The highest BCUT2D eigenvalue weighted by molar-refractivity contribution is 5.65. The molecule has 0 aromatic carbocycles. The molecule has 0 bridgehead atoms. The van der Waals surface area contributed by atoms with Gasteiger partial charge in [-0.05, 0) is 51.9 Å². The number of allylic oxidation sites excluding steroid dienone is 6. The summed E-state index contributed by atoms with van der Waals surface area (Å²) in [6.07, 6.45) is 22.4. The van der Waals surface area contributed by atoms with Crippen LogP contribution in [0.5, 0.6) is 0 Å². The number of esters is 1. The molecule has 0 atom stereocenters. The maximum absolute atomic E-state index is 10.5. The molecule has 0 rings (SSSR count). The van der Waals surface area contributed by atoms with Gasteiger partial charge in [0.15, 0.2) is 0 Å². The lowest BCUT2D eigenvalue weighted by Crippen LogP contribution is -1.99. The normalized spacial score (nSPS) is 11.9. The van der Waals surface area contributed by atoms with Crippen LogP contribution in [0.1, 0.15) is 65.2 Å². The lowest BCUT2D eigenvalue weighted by molar-refractivity contribution is -0.141. The fourth-order valence-electron chi connectivity index (χ4n) is 1.80. The van der Waals surface area contributed by atoms with E-state index in [9.17, 15) is 4.79 Å². The average molecular weight is 278 g/mol. The topological polar surface area (TPSA) is 26.3 Å². The van der Waals surface area contributed by atoms with E-state index in [1.165, 1.54) is 39.0 Å². The highest BCUT2D eigenvalue weighted by atomic mass is 16.5. The highest BCUT2D eigenvalue weighted by Gasteiger charge is 1.91. The van der Waals surface area contributed by atoms with Crippen LogP contribution in [0.15, 0.2) is 36.5 Å². The smallest absolute Gasteiger partial charge is 0.302 e. The van der Waals surface area contributed by atoms with Gasteiger partial charge in [-0.25, -0.2) is 0 Å². The number of hydrogen-bond donors (Lipinski definition) is 0. The Morgan fingerprint density at radius 3 is 2.05 bits per heavy atom. The van der Waals surface area contributed by atoms with Gasteiger partial charge in [-0.15, -0.1) is 0 Å². The molecule has 0 spiro atoms. The molecular formula is C18H30O2. The fourth-order valence-corrected chi connectivity index (χ4v) is 1.80. The monoisotopic (exact) mass is 278 g/mol. The van der Waals surface area contributed by atoms with Crippen molar-refractivity contribution in [1.82, 2.24) is 0 Å². The second kappa shape index (κ2) is 15.7. The molecule has 0 amide bonds. The van der Waals surface area contributed by atoms with Gasteiger partial charge in [0.05, 0.1) is 6.61 Å². The van der Waals surface area contributed by atoms with E-state index in [0.29, 0.717) is 6.61 Å². The van der Waals surface area contributed by atoms with Crippen LogP contribution < -0.4 is 0 Å². The average Bonchev–Trinajstić information content (AvgIpc) is 2.43. The van der Waals surface area contributed by atoms with Crippen molar-refractivity contribution in [3.63, 3.8) is 0 Å². The summed E-state index contributed by atoms with van der Waals surface area (Å²) in [4.78, 5) is 10.5. The molecular weight excluding hydrogens is 248 g/mol. The van der Waals surface area contributed by atoms with Crippen molar-refractivity contribution in [2.45, 2.75) is 65.2 Å². The summed E-state index contributed by atoms with van der Waals surface area (Å²) in [7, 11) is 0. The van der Waals surface area contributed by atoms with Crippen molar-refractivity contribution in [3.8, 4) is 0 Å². The molecule has 0 aromatic rings. The second-order valence-corrected chi connectivity index (χ2v) is 4.90. The first kappa shape index (κ1) is 18.7. The molecule has 0 N–H and O–H groups in total. The molecule has 0 aromatic heterocycles. The van der Waals surface area contributed by atoms with E-state index in [0.717, 1.165) is 19.3 Å². The second-order valence-electron chi connectivity index (χ2n) is 4.90. The molecule has 2 heteroatoms. The van der Waals surface area contributed by atoms with Gasteiger partial charge in [0, 0.05) is 6.92 Å². The van der Waals surface area contributed by atoms with Crippen molar-refractivity contribution >= 4 is 5.97 Å². The van der Waals surface area contributed by atoms with Crippen LogP contribution >= 0.6 is 0 Å². The number of carbonyl (C=O) groups is 1. The van der Waals surface area contributed by atoms with E-state index in [2.05, 4.69) is 30.4 Å². The minimum absolute atomic E-state index is 0.180. The van der Waals surface area contributed by atoms with Crippen LogP contribution in [0.4, 0.5) is 0 Å². The SMILES string of the molecule is C/C=C/C=C/CCCCC/C=C/CCCCOC(C)=O.